The number of ketones is 2. The lowest BCUT2D eigenvalue weighted by molar-refractivity contribution is -0.124. The van der Waals surface area contributed by atoms with E-state index in [1.807, 2.05) is 30.3 Å². The molecule has 1 fully saturated rings. The second kappa shape index (κ2) is 15.7. The largest absolute Gasteiger partial charge is 0.497 e. The molecule has 2 heterocycles. The number of unbranched alkanes of at least 4 members (excludes halogenated alkanes) is 2. The molecule has 8 nitrogen and oxygen atoms in total. The molecule has 8 heteroatoms. The van der Waals surface area contributed by atoms with Gasteiger partial charge in [-0.25, -0.2) is 5.01 Å². The van der Waals surface area contributed by atoms with Gasteiger partial charge in [0.1, 0.15) is 24.7 Å². The summed E-state index contributed by atoms with van der Waals surface area (Å²) in [5, 5.41) is 10.9. The SMILES string of the molecule is CCC(CC1CCCNN1CCC(=N)c1ccc2c(c1)OCCO2)C(=O)CCCCCC(=O)c1ccc(OC)cc1. The third kappa shape index (κ3) is 8.88. The Balaban J connectivity index is 1.19. The minimum atomic E-state index is 0.0422. The van der Waals surface area contributed by atoms with E-state index in [-0.39, 0.29) is 17.7 Å². The Morgan fingerprint density at radius 2 is 1.73 bits per heavy atom. The molecule has 2 aliphatic rings. The number of rotatable bonds is 16. The van der Waals surface area contributed by atoms with Crippen LogP contribution in [0, 0.1) is 11.3 Å². The van der Waals surface area contributed by atoms with E-state index in [0.29, 0.717) is 55.3 Å². The predicted octanol–water partition coefficient (Wildman–Crippen LogP) is 6.01. The molecule has 0 radical (unpaired) electrons. The summed E-state index contributed by atoms with van der Waals surface area (Å²) in [5.41, 5.74) is 5.66. The molecule has 2 unspecified atom stereocenters. The number of Topliss-reactive ketones (excluding diaryl/α,β-unsaturated/α-hetero) is 2. The Labute approximate surface area is 244 Å². The Morgan fingerprint density at radius 1 is 1.00 bits per heavy atom. The molecule has 4 rings (SSSR count). The van der Waals surface area contributed by atoms with Crippen molar-refractivity contribution in [1.29, 1.82) is 5.41 Å². The normalized spacial score (nSPS) is 17.6. The Hall–Kier alpha value is -3.23. The summed E-state index contributed by atoms with van der Waals surface area (Å²) >= 11 is 0. The van der Waals surface area contributed by atoms with Gasteiger partial charge in [0.2, 0.25) is 0 Å². The molecule has 0 amide bonds. The van der Waals surface area contributed by atoms with Crippen LogP contribution in [0.5, 0.6) is 17.2 Å². The number of carbonyl (C=O) groups is 2. The zero-order valence-electron chi connectivity index (χ0n) is 24.6. The van der Waals surface area contributed by atoms with Gasteiger partial charge >= 0.3 is 0 Å². The third-order valence-corrected chi connectivity index (χ3v) is 8.21. The van der Waals surface area contributed by atoms with Gasteiger partial charge in [-0.1, -0.05) is 13.3 Å². The van der Waals surface area contributed by atoms with Crippen molar-refractivity contribution in [1.82, 2.24) is 10.4 Å². The van der Waals surface area contributed by atoms with E-state index in [9.17, 15) is 9.59 Å². The fourth-order valence-corrected chi connectivity index (χ4v) is 5.70. The van der Waals surface area contributed by atoms with Crippen LogP contribution in [0.4, 0.5) is 0 Å². The Bertz CT molecular complexity index is 1170. The van der Waals surface area contributed by atoms with Crippen LogP contribution < -0.4 is 19.6 Å². The van der Waals surface area contributed by atoms with Crippen molar-refractivity contribution in [2.24, 2.45) is 5.92 Å². The molecule has 2 atom stereocenters. The smallest absolute Gasteiger partial charge is 0.162 e. The van der Waals surface area contributed by atoms with Gasteiger partial charge in [-0.05, 0) is 86.6 Å². The molecule has 2 aromatic carbocycles. The summed E-state index contributed by atoms with van der Waals surface area (Å²) in [6.45, 7) is 4.84. The van der Waals surface area contributed by atoms with Crippen molar-refractivity contribution in [2.75, 3.05) is 33.4 Å². The Morgan fingerprint density at radius 3 is 2.49 bits per heavy atom. The monoisotopic (exact) mass is 563 g/mol. The summed E-state index contributed by atoms with van der Waals surface area (Å²) in [4.78, 5) is 25.6. The molecule has 0 saturated carbocycles. The van der Waals surface area contributed by atoms with Crippen LogP contribution in [0.15, 0.2) is 42.5 Å². The second-order valence-corrected chi connectivity index (χ2v) is 11.0. The minimum Gasteiger partial charge on any atom is -0.497 e. The number of nitrogens with zero attached hydrogens (tertiary/aromatic N) is 1. The van der Waals surface area contributed by atoms with Crippen LogP contribution in [0.1, 0.15) is 87.1 Å². The van der Waals surface area contributed by atoms with Crippen molar-refractivity contribution in [3.63, 3.8) is 0 Å². The van der Waals surface area contributed by atoms with Gasteiger partial charge in [0.25, 0.3) is 0 Å². The predicted molar refractivity (Wildman–Crippen MR) is 160 cm³/mol. The Kier molecular flexibility index (Phi) is 11.8. The highest BCUT2D eigenvalue weighted by Crippen LogP contribution is 2.31. The first kappa shape index (κ1) is 30.7. The molecule has 2 aliphatic heterocycles. The van der Waals surface area contributed by atoms with Crippen LogP contribution in [-0.2, 0) is 4.79 Å². The molecule has 0 aromatic heterocycles. The molecule has 1 saturated heterocycles. The lowest BCUT2D eigenvalue weighted by Gasteiger charge is -2.38. The summed E-state index contributed by atoms with van der Waals surface area (Å²) in [7, 11) is 1.61. The zero-order valence-corrected chi connectivity index (χ0v) is 24.6. The van der Waals surface area contributed by atoms with Gasteiger partial charge in [-0.15, -0.1) is 0 Å². The fraction of sp³-hybridized carbons (Fsp3) is 0.545. The first-order valence-electron chi connectivity index (χ1n) is 15.2. The number of hydrogen-bond donors (Lipinski definition) is 2. The van der Waals surface area contributed by atoms with E-state index in [1.165, 1.54) is 0 Å². The average molecular weight is 564 g/mol. The number of benzene rings is 2. The molecular formula is C33H45N3O5. The lowest BCUT2D eigenvalue weighted by Crippen LogP contribution is -2.51. The third-order valence-electron chi connectivity index (χ3n) is 8.21. The van der Waals surface area contributed by atoms with Crippen LogP contribution in [0.2, 0.25) is 0 Å². The number of hydrazine groups is 1. The van der Waals surface area contributed by atoms with E-state index >= 15 is 0 Å². The number of fused-ring (bicyclic) bond motifs is 1. The van der Waals surface area contributed by atoms with E-state index in [4.69, 9.17) is 19.6 Å². The molecule has 2 aromatic rings. The zero-order chi connectivity index (χ0) is 29.0. The minimum absolute atomic E-state index is 0.0422. The van der Waals surface area contributed by atoms with Gasteiger partial charge in [-0.2, -0.15) is 0 Å². The molecule has 41 heavy (non-hydrogen) atoms. The molecule has 2 N–H and O–H groups in total. The van der Waals surface area contributed by atoms with Crippen LogP contribution in [0.3, 0.4) is 0 Å². The number of methoxy groups -OCH3 is 1. The highest BCUT2D eigenvalue weighted by Gasteiger charge is 2.28. The van der Waals surface area contributed by atoms with Gasteiger partial charge in [-0.3, -0.25) is 15.0 Å². The standard InChI is InChI=1S/C33H45N3O5/c1-3-24(30(37)9-5-4-6-10-31(38)25-11-14-28(39-2)15-12-25)22-27-8-7-18-35-36(27)19-17-29(34)26-13-16-32-33(23-26)41-21-20-40-32/h11-16,23-24,27,34-35H,3-10,17-22H2,1-2H3. The quantitative estimate of drug-likeness (QED) is 0.146. The maximum atomic E-state index is 13.1. The van der Waals surface area contributed by atoms with Crippen molar-refractivity contribution >= 4 is 17.3 Å². The van der Waals surface area contributed by atoms with E-state index in [0.717, 1.165) is 75.1 Å². The summed E-state index contributed by atoms with van der Waals surface area (Å²) in [6.07, 6.45) is 8.02. The number of hydrogen-bond acceptors (Lipinski definition) is 8. The number of carbonyl (C=O) groups excluding carboxylic acids is 2. The number of nitrogens with one attached hydrogen (secondary N) is 2. The highest BCUT2D eigenvalue weighted by molar-refractivity contribution is 5.99. The van der Waals surface area contributed by atoms with E-state index < -0.39 is 0 Å². The topological polar surface area (TPSA) is 101 Å². The lowest BCUT2D eigenvalue weighted by atomic mass is 9.88. The molecule has 0 bridgehead atoms. The molecule has 0 aliphatic carbocycles. The molecule has 222 valence electrons. The maximum Gasteiger partial charge on any atom is 0.162 e. The first-order chi connectivity index (χ1) is 20.0. The summed E-state index contributed by atoms with van der Waals surface area (Å²) in [6, 6.07) is 13.2. The first-order valence-corrected chi connectivity index (χ1v) is 15.2. The van der Waals surface area contributed by atoms with Crippen LogP contribution in [-0.4, -0.2) is 61.7 Å². The van der Waals surface area contributed by atoms with Crippen LogP contribution in [0.25, 0.3) is 0 Å². The van der Waals surface area contributed by atoms with Crippen molar-refractivity contribution < 1.29 is 23.8 Å². The number of ether oxygens (including phenoxy) is 3. The van der Waals surface area contributed by atoms with Gasteiger partial charge < -0.3 is 19.6 Å². The average Bonchev–Trinajstić information content (AvgIpc) is 3.02. The second-order valence-electron chi connectivity index (χ2n) is 11.0. The van der Waals surface area contributed by atoms with Crippen molar-refractivity contribution in [2.45, 2.75) is 77.2 Å². The summed E-state index contributed by atoms with van der Waals surface area (Å²) < 4.78 is 16.4. The van der Waals surface area contributed by atoms with E-state index in [2.05, 4.69) is 17.4 Å². The summed E-state index contributed by atoms with van der Waals surface area (Å²) in [5.74, 6) is 2.71. The van der Waals surface area contributed by atoms with Crippen LogP contribution >= 0.6 is 0 Å². The van der Waals surface area contributed by atoms with Crippen molar-refractivity contribution in [3.8, 4) is 17.2 Å². The maximum absolute atomic E-state index is 13.1. The van der Waals surface area contributed by atoms with Gasteiger partial charge in [0.05, 0.1) is 7.11 Å². The molecular weight excluding hydrogens is 518 g/mol. The van der Waals surface area contributed by atoms with Crippen molar-refractivity contribution in [3.05, 3.63) is 53.6 Å². The fourth-order valence-electron chi connectivity index (χ4n) is 5.70. The van der Waals surface area contributed by atoms with Gasteiger partial charge in [0.15, 0.2) is 17.3 Å². The van der Waals surface area contributed by atoms with Gasteiger partial charge in [0, 0.05) is 55.6 Å². The molecule has 0 spiro atoms. The van der Waals surface area contributed by atoms with E-state index in [1.54, 1.807) is 19.2 Å². The highest BCUT2D eigenvalue weighted by atomic mass is 16.6.